The first-order valence-corrected chi connectivity index (χ1v) is 8.97. The van der Waals surface area contributed by atoms with E-state index in [-0.39, 0.29) is 18.7 Å². The van der Waals surface area contributed by atoms with Gasteiger partial charge in [0, 0.05) is 38.8 Å². The summed E-state index contributed by atoms with van der Waals surface area (Å²) >= 11 is 0. The van der Waals surface area contributed by atoms with Crippen molar-refractivity contribution in [3.8, 4) is 0 Å². The molecule has 0 unspecified atom stereocenters. The number of hydrogen-bond acceptors (Lipinski definition) is 4. The van der Waals surface area contributed by atoms with Gasteiger partial charge >= 0.3 is 6.03 Å². The Bertz CT molecular complexity index is 554. The third-order valence-electron chi connectivity index (χ3n) is 4.90. The summed E-state index contributed by atoms with van der Waals surface area (Å²) in [6.45, 7) is 7.74. The molecule has 6 nitrogen and oxygen atoms in total. The van der Waals surface area contributed by atoms with Crippen LogP contribution in [-0.4, -0.2) is 72.9 Å². The van der Waals surface area contributed by atoms with Gasteiger partial charge in [-0.1, -0.05) is 19.1 Å². The molecule has 24 heavy (non-hydrogen) atoms. The number of hydrogen-bond donors (Lipinski definition) is 2. The van der Waals surface area contributed by atoms with E-state index in [0.29, 0.717) is 6.54 Å². The Morgan fingerprint density at radius 2 is 1.96 bits per heavy atom. The van der Waals surface area contributed by atoms with Crippen molar-refractivity contribution < 1.29 is 9.90 Å². The molecule has 1 aromatic rings. The quantitative estimate of drug-likeness (QED) is 0.834. The highest BCUT2D eigenvalue weighted by atomic mass is 16.3. The molecule has 2 amide bonds. The number of benzene rings is 1. The molecule has 1 saturated heterocycles. The van der Waals surface area contributed by atoms with Gasteiger partial charge in [0.1, 0.15) is 0 Å². The molecule has 2 aliphatic rings. The molecule has 132 valence electrons. The van der Waals surface area contributed by atoms with Crippen molar-refractivity contribution in [1.29, 1.82) is 0 Å². The van der Waals surface area contributed by atoms with Gasteiger partial charge in [0.2, 0.25) is 0 Å². The van der Waals surface area contributed by atoms with Crippen LogP contribution in [0.25, 0.3) is 0 Å². The summed E-state index contributed by atoms with van der Waals surface area (Å²) in [4.78, 5) is 19.1. The first-order chi connectivity index (χ1) is 11.7. The van der Waals surface area contributed by atoms with Crippen LogP contribution in [0.5, 0.6) is 0 Å². The number of aliphatic hydroxyl groups is 1. The van der Waals surface area contributed by atoms with E-state index in [0.717, 1.165) is 56.9 Å². The number of aliphatic hydroxyl groups excluding tert-OH is 1. The molecule has 2 fully saturated rings. The number of urea groups is 1. The van der Waals surface area contributed by atoms with Gasteiger partial charge in [-0.25, -0.2) is 4.79 Å². The fourth-order valence-electron chi connectivity index (χ4n) is 3.29. The number of carbonyl (C=O) groups excluding carboxylic acids is 1. The molecule has 1 heterocycles. The summed E-state index contributed by atoms with van der Waals surface area (Å²) in [5, 5.41) is 12.3. The summed E-state index contributed by atoms with van der Waals surface area (Å²) < 4.78 is 0. The van der Waals surface area contributed by atoms with E-state index < -0.39 is 0 Å². The summed E-state index contributed by atoms with van der Waals surface area (Å²) in [6, 6.07) is 8.19. The van der Waals surface area contributed by atoms with Gasteiger partial charge in [-0.15, -0.1) is 0 Å². The van der Waals surface area contributed by atoms with Crippen molar-refractivity contribution in [1.82, 2.24) is 9.80 Å². The lowest BCUT2D eigenvalue weighted by molar-refractivity contribution is 0.185. The second kappa shape index (κ2) is 7.85. The number of para-hydroxylation sites is 2. The molecule has 6 heteroatoms. The van der Waals surface area contributed by atoms with E-state index in [1.165, 1.54) is 0 Å². The highest BCUT2D eigenvalue weighted by Crippen LogP contribution is 2.30. The van der Waals surface area contributed by atoms with Gasteiger partial charge in [0.15, 0.2) is 0 Å². The maximum Gasteiger partial charge on any atom is 0.322 e. The summed E-state index contributed by atoms with van der Waals surface area (Å²) in [5.74, 6) is 0. The number of piperazine rings is 1. The van der Waals surface area contributed by atoms with Gasteiger partial charge in [0.25, 0.3) is 0 Å². The van der Waals surface area contributed by atoms with E-state index >= 15 is 0 Å². The first kappa shape index (κ1) is 17.0. The van der Waals surface area contributed by atoms with Crippen molar-refractivity contribution in [3.05, 3.63) is 24.3 Å². The predicted molar refractivity (Wildman–Crippen MR) is 96.6 cm³/mol. The molecule has 1 aromatic carbocycles. The highest BCUT2D eigenvalue weighted by Gasteiger charge is 2.32. The zero-order valence-corrected chi connectivity index (χ0v) is 14.4. The Labute approximate surface area is 144 Å². The van der Waals surface area contributed by atoms with Crippen LogP contribution in [0.1, 0.15) is 19.8 Å². The third kappa shape index (κ3) is 3.99. The Hall–Kier alpha value is -1.79. The van der Waals surface area contributed by atoms with Crippen molar-refractivity contribution in [2.45, 2.75) is 25.8 Å². The second-order valence-corrected chi connectivity index (χ2v) is 6.52. The predicted octanol–water partition coefficient (Wildman–Crippen LogP) is 1.82. The fourth-order valence-corrected chi connectivity index (χ4v) is 3.29. The lowest BCUT2D eigenvalue weighted by Crippen LogP contribution is -2.46. The van der Waals surface area contributed by atoms with Crippen molar-refractivity contribution in [2.24, 2.45) is 0 Å². The van der Waals surface area contributed by atoms with Crippen molar-refractivity contribution in [2.75, 3.05) is 56.1 Å². The van der Waals surface area contributed by atoms with E-state index in [1.807, 2.05) is 18.2 Å². The standard InChI is InChI=1S/C18H28N4O2/c1-2-20-9-11-21(12-10-20)17-6-4-3-5-16(17)19-18(24)22(13-14-23)15-7-8-15/h3-6,15,23H,2,7-14H2,1H3,(H,19,24). The maximum atomic E-state index is 12.6. The van der Waals surface area contributed by atoms with Crippen LogP contribution in [0, 0.1) is 0 Å². The van der Waals surface area contributed by atoms with Gasteiger partial charge in [-0.3, -0.25) is 0 Å². The monoisotopic (exact) mass is 332 g/mol. The minimum absolute atomic E-state index is 0.00451. The average Bonchev–Trinajstić information content (AvgIpc) is 3.45. The fraction of sp³-hybridized carbons (Fsp3) is 0.611. The van der Waals surface area contributed by atoms with E-state index in [2.05, 4.69) is 28.1 Å². The number of anilines is 2. The molecular formula is C18H28N4O2. The van der Waals surface area contributed by atoms with Crippen LogP contribution in [0.4, 0.5) is 16.2 Å². The largest absolute Gasteiger partial charge is 0.395 e. The normalized spacial score (nSPS) is 18.5. The lowest BCUT2D eigenvalue weighted by Gasteiger charge is -2.36. The molecular weight excluding hydrogens is 304 g/mol. The number of likely N-dealkylation sites (N-methyl/N-ethyl adjacent to an activating group) is 1. The van der Waals surface area contributed by atoms with E-state index in [9.17, 15) is 9.90 Å². The number of rotatable bonds is 6. The molecule has 0 atom stereocenters. The number of carbonyl (C=O) groups is 1. The zero-order chi connectivity index (χ0) is 16.9. The van der Waals surface area contributed by atoms with Gasteiger partial charge in [-0.05, 0) is 31.5 Å². The highest BCUT2D eigenvalue weighted by molar-refractivity contribution is 5.93. The number of amides is 2. The van der Waals surface area contributed by atoms with E-state index in [1.54, 1.807) is 4.90 Å². The molecule has 0 bridgehead atoms. The zero-order valence-electron chi connectivity index (χ0n) is 14.4. The Kier molecular flexibility index (Phi) is 5.58. The molecule has 3 rings (SSSR count). The van der Waals surface area contributed by atoms with Crippen molar-refractivity contribution in [3.63, 3.8) is 0 Å². The Morgan fingerprint density at radius 3 is 2.58 bits per heavy atom. The Morgan fingerprint density at radius 1 is 1.25 bits per heavy atom. The molecule has 2 N–H and O–H groups in total. The molecule has 1 saturated carbocycles. The summed E-state index contributed by atoms with van der Waals surface area (Å²) in [5.41, 5.74) is 1.94. The van der Waals surface area contributed by atoms with E-state index in [4.69, 9.17) is 0 Å². The molecule has 0 radical (unpaired) electrons. The van der Waals surface area contributed by atoms with Crippen molar-refractivity contribution >= 4 is 17.4 Å². The summed E-state index contributed by atoms with van der Waals surface area (Å²) in [7, 11) is 0. The molecule has 1 aliphatic carbocycles. The van der Waals surface area contributed by atoms with Gasteiger partial charge < -0.3 is 25.1 Å². The van der Waals surface area contributed by atoms with Gasteiger partial charge in [-0.2, -0.15) is 0 Å². The van der Waals surface area contributed by atoms with Crippen LogP contribution in [0.2, 0.25) is 0 Å². The first-order valence-electron chi connectivity index (χ1n) is 8.97. The minimum atomic E-state index is -0.105. The maximum absolute atomic E-state index is 12.6. The third-order valence-corrected chi connectivity index (χ3v) is 4.90. The molecule has 0 aromatic heterocycles. The molecule has 1 aliphatic heterocycles. The smallest absolute Gasteiger partial charge is 0.322 e. The minimum Gasteiger partial charge on any atom is -0.395 e. The van der Waals surface area contributed by atoms with Crippen LogP contribution >= 0.6 is 0 Å². The number of nitrogens with zero attached hydrogens (tertiary/aromatic N) is 3. The average molecular weight is 332 g/mol. The summed E-state index contributed by atoms with van der Waals surface area (Å²) in [6.07, 6.45) is 2.07. The molecule has 0 spiro atoms. The number of nitrogens with one attached hydrogen (secondary N) is 1. The lowest BCUT2D eigenvalue weighted by atomic mass is 10.2. The SMILES string of the molecule is CCN1CCN(c2ccccc2NC(=O)N(CCO)C2CC2)CC1. The topological polar surface area (TPSA) is 59.0 Å². The van der Waals surface area contributed by atoms with Crippen LogP contribution < -0.4 is 10.2 Å². The Balaban J connectivity index is 1.68. The second-order valence-electron chi connectivity index (χ2n) is 6.52. The van der Waals surface area contributed by atoms with Gasteiger partial charge in [0.05, 0.1) is 18.0 Å². The van der Waals surface area contributed by atoms with Crippen LogP contribution in [0.3, 0.4) is 0 Å². The van der Waals surface area contributed by atoms with Crippen LogP contribution in [0.15, 0.2) is 24.3 Å². The van der Waals surface area contributed by atoms with Crippen LogP contribution in [-0.2, 0) is 0 Å².